The monoisotopic (exact) mass is 358 g/mol. The van der Waals surface area contributed by atoms with Crippen LogP contribution in [0.3, 0.4) is 0 Å². The fourth-order valence-electron chi connectivity index (χ4n) is 2.42. The number of carbonyl (C=O) groups is 1. The Labute approximate surface area is 141 Å². The molecule has 1 saturated heterocycles. The van der Waals surface area contributed by atoms with Crippen molar-refractivity contribution in [1.82, 2.24) is 9.21 Å². The average molecular weight is 358 g/mol. The highest BCUT2D eigenvalue weighted by Gasteiger charge is 2.29. The summed E-state index contributed by atoms with van der Waals surface area (Å²) in [5, 5.41) is 0. The molecule has 6 nitrogen and oxygen atoms in total. The van der Waals surface area contributed by atoms with Crippen LogP contribution in [0.25, 0.3) is 0 Å². The molecule has 1 aromatic rings. The molecule has 1 aliphatic rings. The minimum atomic E-state index is -3.52. The minimum Gasteiger partial charge on any atom is -0.497 e. The first-order chi connectivity index (χ1) is 11.0. The summed E-state index contributed by atoms with van der Waals surface area (Å²) in [6.45, 7) is 1.56. The molecule has 1 aromatic carbocycles. The summed E-state index contributed by atoms with van der Waals surface area (Å²) in [6.07, 6.45) is 2.47. The van der Waals surface area contributed by atoms with E-state index < -0.39 is 10.0 Å². The van der Waals surface area contributed by atoms with Gasteiger partial charge in [0.2, 0.25) is 15.9 Å². The van der Waals surface area contributed by atoms with Gasteiger partial charge < -0.3 is 9.64 Å². The molecule has 8 heteroatoms. The van der Waals surface area contributed by atoms with Gasteiger partial charge in [0.1, 0.15) is 5.75 Å². The second kappa shape index (κ2) is 8.03. The Kier molecular flexibility index (Phi) is 6.32. The SMILES string of the molecule is COc1ccc(S(=O)(=O)N2CCN(C(=O)CCSC)CC2)cc1. The minimum absolute atomic E-state index is 0.0980. The van der Waals surface area contributed by atoms with Crippen molar-refractivity contribution in [1.29, 1.82) is 0 Å². The smallest absolute Gasteiger partial charge is 0.243 e. The number of ether oxygens (including phenoxy) is 1. The molecule has 0 spiro atoms. The predicted octanol–water partition coefficient (Wildman–Crippen LogP) is 1.28. The molecule has 0 atom stereocenters. The second-order valence-electron chi connectivity index (χ2n) is 5.20. The van der Waals surface area contributed by atoms with Crippen LogP contribution in [0.5, 0.6) is 5.75 Å². The van der Waals surface area contributed by atoms with Gasteiger partial charge in [0.05, 0.1) is 12.0 Å². The Morgan fingerprint density at radius 2 is 1.78 bits per heavy atom. The molecule has 1 heterocycles. The van der Waals surface area contributed by atoms with E-state index in [-0.39, 0.29) is 10.8 Å². The summed E-state index contributed by atoms with van der Waals surface area (Å²) in [5.41, 5.74) is 0. The summed E-state index contributed by atoms with van der Waals surface area (Å²) in [5.74, 6) is 1.51. The molecule has 1 aliphatic heterocycles. The van der Waals surface area contributed by atoms with Crippen LogP contribution in [0.1, 0.15) is 6.42 Å². The zero-order valence-electron chi connectivity index (χ0n) is 13.4. The van der Waals surface area contributed by atoms with Crippen LogP contribution in [-0.4, -0.2) is 68.8 Å². The zero-order chi connectivity index (χ0) is 16.9. The number of amides is 1. The second-order valence-corrected chi connectivity index (χ2v) is 8.13. The maximum absolute atomic E-state index is 12.6. The van der Waals surface area contributed by atoms with Crippen LogP contribution in [0, 0.1) is 0 Å². The van der Waals surface area contributed by atoms with Crippen LogP contribution in [0.15, 0.2) is 29.2 Å². The van der Waals surface area contributed by atoms with Gasteiger partial charge >= 0.3 is 0 Å². The van der Waals surface area contributed by atoms with Crippen molar-refractivity contribution in [3.05, 3.63) is 24.3 Å². The van der Waals surface area contributed by atoms with Crippen molar-refractivity contribution >= 4 is 27.7 Å². The normalized spacial score (nSPS) is 16.3. The fraction of sp³-hybridized carbons (Fsp3) is 0.533. The summed E-state index contributed by atoms with van der Waals surface area (Å²) < 4.78 is 31.7. The third-order valence-electron chi connectivity index (χ3n) is 3.81. The quantitative estimate of drug-likeness (QED) is 0.766. The molecule has 0 bridgehead atoms. The molecule has 23 heavy (non-hydrogen) atoms. The lowest BCUT2D eigenvalue weighted by Gasteiger charge is -2.34. The van der Waals surface area contributed by atoms with Gasteiger partial charge in [0.15, 0.2) is 0 Å². The van der Waals surface area contributed by atoms with Gasteiger partial charge in [-0.2, -0.15) is 16.1 Å². The van der Waals surface area contributed by atoms with E-state index >= 15 is 0 Å². The molecule has 128 valence electrons. The first-order valence-electron chi connectivity index (χ1n) is 7.40. The van der Waals surface area contributed by atoms with Crippen LogP contribution in [0.4, 0.5) is 0 Å². The highest BCUT2D eigenvalue weighted by molar-refractivity contribution is 7.98. The van der Waals surface area contributed by atoms with Gasteiger partial charge in [-0.05, 0) is 30.5 Å². The lowest BCUT2D eigenvalue weighted by Crippen LogP contribution is -2.50. The third-order valence-corrected chi connectivity index (χ3v) is 6.33. The number of sulfonamides is 1. The third kappa shape index (κ3) is 4.39. The van der Waals surface area contributed by atoms with E-state index in [0.29, 0.717) is 38.3 Å². The molecule has 0 N–H and O–H groups in total. The van der Waals surface area contributed by atoms with Gasteiger partial charge in [0, 0.05) is 38.4 Å². The molecule has 0 aliphatic carbocycles. The van der Waals surface area contributed by atoms with E-state index in [0.717, 1.165) is 5.75 Å². The molecule has 1 amide bonds. The maximum atomic E-state index is 12.6. The lowest BCUT2D eigenvalue weighted by atomic mass is 10.3. The van der Waals surface area contributed by atoms with Crippen molar-refractivity contribution in [2.45, 2.75) is 11.3 Å². The topological polar surface area (TPSA) is 66.9 Å². The highest BCUT2D eigenvalue weighted by atomic mass is 32.2. The Balaban J connectivity index is 1.99. The van der Waals surface area contributed by atoms with Crippen molar-refractivity contribution < 1.29 is 17.9 Å². The van der Waals surface area contributed by atoms with Crippen LogP contribution in [0.2, 0.25) is 0 Å². The number of rotatable bonds is 6. The van der Waals surface area contributed by atoms with Crippen molar-refractivity contribution in [2.24, 2.45) is 0 Å². The van der Waals surface area contributed by atoms with E-state index in [4.69, 9.17) is 4.74 Å². The number of hydrogen-bond donors (Lipinski definition) is 0. The van der Waals surface area contributed by atoms with E-state index in [1.807, 2.05) is 6.26 Å². The zero-order valence-corrected chi connectivity index (χ0v) is 15.0. The summed E-state index contributed by atoms with van der Waals surface area (Å²) >= 11 is 1.63. The first-order valence-corrected chi connectivity index (χ1v) is 10.2. The lowest BCUT2D eigenvalue weighted by molar-refractivity contribution is -0.131. The predicted molar refractivity (Wildman–Crippen MR) is 91.3 cm³/mol. The summed E-state index contributed by atoms with van der Waals surface area (Å²) in [4.78, 5) is 14.0. The number of methoxy groups -OCH3 is 1. The van der Waals surface area contributed by atoms with Crippen molar-refractivity contribution in [2.75, 3.05) is 45.3 Å². The van der Waals surface area contributed by atoms with Gasteiger partial charge in [-0.1, -0.05) is 0 Å². The molecular formula is C15H22N2O4S2. The molecule has 0 saturated carbocycles. The van der Waals surface area contributed by atoms with Gasteiger partial charge in [0.25, 0.3) is 0 Å². The van der Waals surface area contributed by atoms with Crippen LogP contribution in [-0.2, 0) is 14.8 Å². The molecule has 1 fully saturated rings. The molecular weight excluding hydrogens is 336 g/mol. The van der Waals surface area contributed by atoms with Gasteiger partial charge in [-0.15, -0.1) is 0 Å². The molecule has 0 aromatic heterocycles. The summed E-state index contributed by atoms with van der Waals surface area (Å²) in [6, 6.07) is 6.36. The Bertz CT molecular complexity index is 623. The number of piperazine rings is 1. The van der Waals surface area contributed by atoms with E-state index in [1.165, 1.54) is 11.4 Å². The Morgan fingerprint density at radius 1 is 1.17 bits per heavy atom. The van der Waals surface area contributed by atoms with Crippen LogP contribution >= 0.6 is 11.8 Å². The summed E-state index contributed by atoms with van der Waals surface area (Å²) in [7, 11) is -1.98. The number of thioether (sulfide) groups is 1. The molecule has 2 rings (SSSR count). The van der Waals surface area contributed by atoms with E-state index in [1.54, 1.807) is 40.9 Å². The van der Waals surface area contributed by atoms with Crippen molar-refractivity contribution in [3.8, 4) is 5.75 Å². The Hall–Kier alpha value is -1.25. The number of hydrogen-bond acceptors (Lipinski definition) is 5. The number of benzene rings is 1. The fourth-order valence-corrected chi connectivity index (χ4v) is 4.22. The molecule has 0 unspecified atom stereocenters. The first kappa shape index (κ1) is 18.1. The van der Waals surface area contributed by atoms with E-state index in [9.17, 15) is 13.2 Å². The van der Waals surface area contributed by atoms with Crippen molar-refractivity contribution in [3.63, 3.8) is 0 Å². The number of nitrogens with zero attached hydrogens (tertiary/aromatic N) is 2. The molecule has 0 radical (unpaired) electrons. The maximum Gasteiger partial charge on any atom is 0.243 e. The number of carbonyl (C=O) groups excluding carboxylic acids is 1. The standard InChI is InChI=1S/C15H22N2O4S2/c1-21-13-3-5-14(6-4-13)23(19,20)17-10-8-16(9-11-17)15(18)7-12-22-2/h3-6H,7-12H2,1-2H3. The van der Waals surface area contributed by atoms with Crippen LogP contribution < -0.4 is 4.74 Å². The van der Waals surface area contributed by atoms with Gasteiger partial charge in [-0.3, -0.25) is 4.79 Å². The van der Waals surface area contributed by atoms with E-state index in [2.05, 4.69) is 0 Å². The largest absolute Gasteiger partial charge is 0.497 e. The Morgan fingerprint density at radius 3 is 2.30 bits per heavy atom. The van der Waals surface area contributed by atoms with Gasteiger partial charge in [-0.25, -0.2) is 8.42 Å². The average Bonchev–Trinajstić information content (AvgIpc) is 2.59. The highest BCUT2D eigenvalue weighted by Crippen LogP contribution is 2.20.